The number of hydrogen-bond acceptors (Lipinski definition) is 3. The lowest BCUT2D eigenvalue weighted by Crippen LogP contribution is -2.44. The Labute approximate surface area is 176 Å². The SMILES string of the molecule is Cc1ccc2[nH]c(C(=O)N[C@H]3Cc4ccccc4[C@@H]3NC(=O)CCN(C)C)cc2c1. The number of amides is 2. The zero-order chi connectivity index (χ0) is 21.3. The zero-order valence-electron chi connectivity index (χ0n) is 17.7. The quantitative estimate of drug-likeness (QED) is 0.591. The Morgan fingerprint density at radius 1 is 1.10 bits per heavy atom. The summed E-state index contributed by atoms with van der Waals surface area (Å²) in [7, 11) is 3.89. The van der Waals surface area contributed by atoms with Gasteiger partial charge in [0.05, 0.1) is 12.1 Å². The van der Waals surface area contributed by atoms with Crippen LogP contribution in [0.15, 0.2) is 48.5 Å². The molecule has 0 radical (unpaired) electrons. The Morgan fingerprint density at radius 3 is 2.70 bits per heavy atom. The van der Waals surface area contributed by atoms with Gasteiger partial charge in [-0.15, -0.1) is 0 Å². The number of nitrogens with one attached hydrogen (secondary N) is 3. The van der Waals surface area contributed by atoms with E-state index in [-0.39, 0.29) is 23.9 Å². The Hall–Kier alpha value is -3.12. The van der Waals surface area contributed by atoms with Crippen LogP contribution >= 0.6 is 0 Å². The molecule has 0 spiro atoms. The van der Waals surface area contributed by atoms with E-state index >= 15 is 0 Å². The maximum Gasteiger partial charge on any atom is 0.268 e. The van der Waals surface area contributed by atoms with Crippen LogP contribution in [-0.2, 0) is 11.2 Å². The van der Waals surface area contributed by atoms with Crippen LogP contribution in [-0.4, -0.2) is 48.4 Å². The molecule has 0 aliphatic heterocycles. The van der Waals surface area contributed by atoms with Crippen LogP contribution in [0.3, 0.4) is 0 Å². The van der Waals surface area contributed by atoms with Crippen LogP contribution in [0.5, 0.6) is 0 Å². The Balaban J connectivity index is 1.52. The second-order valence-electron chi connectivity index (χ2n) is 8.36. The molecule has 0 fully saturated rings. The van der Waals surface area contributed by atoms with Gasteiger partial charge < -0.3 is 20.5 Å². The number of carbonyl (C=O) groups excluding carboxylic acids is 2. The molecule has 0 unspecified atom stereocenters. The van der Waals surface area contributed by atoms with Gasteiger partial charge in [0.1, 0.15) is 5.69 Å². The number of H-pyrrole nitrogens is 1. The van der Waals surface area contributed by atoms with Gasteiger partial charge in [-0.2, -0.15) is 0 Å². The summed E-state index contributed by atoms with van der Waals surface area (Å²) in [6.45, 7) is 2.72. The van der Waals surface area contributed by atoms with Gasteiger partial charge in [0, 0.05) is 23.9 Å². The fourth-order valence-corrected chi connectivity index (χ4v) is 4.10. The van der Waals surface area contributed by atoms with E-state index in [1.165, 1.54) is 0 Å². The van der Waals surface area contributed by atoms with Crippen LogP contribution in [0.2, 0.25) is 0 Å². The molecule has 1 aliphatic carbocycles. The Morgan fingerprint density at radius 2 is 1.90 bits per heavy atom. The fourth-order valence-electron chi connectivity index (χ4n) is 4.10. The van der Waals surface area contributed by atoms with Crippen molar-refractivity contribution < 1.29 is 9.59 Å². The van der Waals surface area contributed by atoms with E-state index < -0.39 is 0 Å². The molecule has 3 N–H and O–H groups in total. The number of benzene rings is 2. The predicted molar refractivity (Wildman–Crippen MR) is 118 cm³/mol. The molecule has 2 amide bonds. The topological polar surface area (TPSA) is 77.2 Å². The molecule has 156 valence electrons. The average molecular weight is 405 g/mol. The molecule has 4 rings (SSSR count). The van der Waals surface area contributed by atoms with Crippen molar-refractivity contribution in [2.75, 3.05) is 20.6 Å². The second-order valence-corrected chi connectivity index (χ2v) is 8.36. The van der Waals surface area contributed by atoms with Crippen molar-refractivity contribution in [3.05, 3.63) is 70.9 Å². The third-order valence-corrected chi connectivity index (χ3v) is 5.67. The minimum absolute atomic E-state index is 0.00857. The van der Waals surface area contributed by atoms with Gasteiger partial charge in [0.25, 0.3) is 5.91 Å². The number of aromatic amines is 1. The van der Waals surface area contributed by atoms with Gasteiger partial charge in [-0.1, -0.05) is 35.9 Å². The smallest absolute Gasteiger partial charge is 0.268 e. The van der Waals surface area contributed by atoms with E-state index in [1.807, 2.05) is 62.3 Å². The molecule has 3 aromatic rings. The summed E-state index contributed by atoms with van der Waals surface area (Å²) >= 11 is 0. The lowest BCUT2D eigenvalue weighted by atomic mass is 10.1. The van der Waals surface area contributed by atoms with Crippen molar-refractivity contribution in [2.45, 2.75) is 31.8 Å². The summed E-state index contributed by atoms with van der Waals surface area (Å²) in [5.74, 6) is -0.167. The predicted octanol–water partition coefficient (Wildman–Crippen LogP) is 2.94. The number of aromatic nitrogens is 1. The molecule has 6 nitrogen and oxygen atoms in total. The van der Waals surface area contributed by atoms with Gasteiger partial charge in [0.15, 0.2) is 0 Å². The van der Waals surface area contributed by atoms with Crippen LogP contribution in [0.1, 0.15) is 39.6 Å². The zero-order valence-corrected chi connectivity index (χ0v) is 17.7. The standard InChI is InChI=1S/C24H28N4O2/c1-15-8-9-19-17(12-15)14-21(25-19)24(30)26-20-13-16-6-4-5-7-18(16)23(20)27-22(29)10-11-28(2)3/h4-9,12,14,20,23,25H,10-11,13H2,1-3H3,(H,26,30)(H,27,29)/t20-,23-/m0/s1. The van der Waals surface area contributed by atoms with Gasteiger partial charge in [-0.25, -0.2) is 0 Å². The number of rotatable bonds is 6. The monoisotopic (exact) mass is 404 g/mol. The summed E-state index contributed by atoms with van der Waals surface area (Å²) < 4.78 is 0. The lowest BCUT2D eigenvalue weighted by molar-refractivity contribution is -0.122. The number of fused-ring (bicyclic) bond motifs is 2. The molecule has 0 saturated carbocycles. The highest BCUT2D eigenvalue weighted by Gasteiger charge is 2.34. The first-order valence-corrected chi connectivity index (χ1v) is 10.3. The van der Waals surface area contributed by atoms with Crippen molar-refractivity contribution in [1.29, 1.82) is 0 Å². The minimum Gasteiger partial charge on any atom is -0.351 e. The highest BCUT2D eigenvalue weighted by atomic mass is 16.2. The summed E-state index contributed by atoms with van der Waals surface area (Å²) in [5.41, 5.74) is 4.86. The Bertz CT molecular complexity index is 1090. The lowest BCUT2D eigenvalue weighted by Gasteiger charge is -2.23. The third-order valence-electron chi connectivity index (χ3n) is 5.67. The van der Waals surface area contributed by atoms with Crippen LogP contribution in [0.25, 0.3) is 10.9 Å². The molecular weight excluding hydrogens is 376 g/mol. The molecule has 0 saturated heterocycles. The molecule has 2 aromatic carbocycles. The van der Waals surface area contributed by atoms with Crippen molar-refractivity contribution >= 4 is 22.7 Å². The summed E-state index contributed by atoms with van der Waals surface area (Å²) in [6, 6.07) is 15.6. The molecule has 1 aromatic heterocycles. The normalized spacial score (nSPS) is 17.9. The van der Waals surface area contributed by atoms with Crippen LogP contribution < -0.4 is 10.6 Å². The van der Waals surface area contributed by atoms with Crippen molar-refractivity contribution in [3.63, 3.8) is 0 Å². The van der Waals surface area contributed by atoms with Gasteiger partial charge in [0.2, 0.25) is 5.91 Å². The maximum atomic E-state index is 13.0. The van der Waals surface area contributed by atoms with E-state index in [4.69, 9.17) is 0 Å². The first kappa shape index (κ1) is 20.2. The van der Waals surface area contributed by atoms with Crippen molar-refractivity contribution in [3.8, 4) is 0 Å². The number of nitrogens with zero attached hydrogens (tertiary/aromatic N) is 1. The summed E-state index contributed by atoms with van der Waals surface area (Å²) in [6.07, 6.45) is 1.12. The third kappa shape index (κ3) is 4.24. The molecule has 2 atom stereocenters. The number of hydrogen-bond donors (Lipinski definition) is 3. The molecule has 30 heavy (non-hydrogen) atoms. The number of carbonyl (C=O) groups is 2. The first-order valence-electron chi connectivity index (χ1n) is 10.3. The molecule has 6 heteroatoms. The highest BCUT2D eigenvalue weighted by Crippen LogP contribution is 2.31. The number of aryl methyl sites for hydroxylation is 1. The Kier molecular flexibility index (Phi) is 5.59. The molecular formula is C24H28N4O2. The van der Waals surface area contributed by atoms with E-state index in [9.17, 15) is 9.59 Å². The minimum atomic E-state index is -0.230. The summed E-state index contributed by atoms with van der Waals surface area (Å²) in [5, 5.41) is 7.30. The van der Waals surface area contributed by atoms with Gasteiger partial charge >= 0.3 is 0 Å². The van der Waals surface area contributed by atoms with E-state index in [0.717, 1.165) is 27.6 Å². The van der Waals surface area contributed by atoms with Gasteiger partial charge in [-0.05, 0) is 56.8 Å². The summed E-state index contributed by atoms with van der Waals surface area (Å²) in [4.78, 5) is 30.7. The van der Waals surface area contributed by atoms with Crippen molar-refractivity contribution in [1.82, 2.24) is 20.5 Å². The molecule has 1 aliphatic rings. The second kappa shape index (κ2) is 8.32. The van der Waals surface area contributed by atoms with Crippen LogP contribution in [0.4, 0.5) is 0 Å². The average Bonchev–Trinajstić information content (AvgIpc) is 3.28. The molecule has 0 bridgehead atoms. The van der Waals surface area contributed by atoms with E-state index in [1.54, 1.807) is 0 Å². The first-order chi connectivity index (χ1) is 14.4. The van der Waals surface area contributed by atoms with Crippen molar-refractivity contribution in [2.24, 2.45) is 0 Å². The molecule has 1 heterocycles. The highest BCUT2D eigenvalue weighted by molar-refractivity contribution is 5.98. The largest absolute Gasteiger partial charge is 0.351 e. The maximum absolute atomic E-state index is 13.0. The fraction of sp³-hybridized carbons (Fsp3) is 0.333. The van der Waals surface area contributed by atoms with E-state index in [0.29, 0.717) is 25.1 Å². The van der Waals surface area contributed by atoms with E-state index in [2.05, 4.69) is 27.8 Å². The van der Waals surface area contributed by atoms with Gasteiger partial charge in [-0.3, -0.25) is 9.59 Å². The van der Waals surface area contributed by atoms with Crippen LogP contribution in [0, 0.1) is 6.92 Å².